The predicted octanol–water partition coefficient (Wildman–Crippen LogP) is 3.70. The van der Waals surface area contributed by atoms with E-state index >= 15 is 0 Å². The first-order valence-corrected chi connectivity index (χ1v) is 10.2. The number of ether oxygens (including phenoxy) is 1. The molecule has 1 fully saturated rings. The zero-order valence-electron chi connectivity index (χ0n) is 16.7. The van der Waals surface area contributed by atoms with Crippen LogP contribution in [0.3, 0.4) is 0 Å². The Kier molecular flexibility index (Phi) is 7.17. The number of benzene rings is 2. The molecule has 0 heterocycles. The molecule has 152 valence electrons. The predicted molar refractivity (Wildman–Crippen MR) is 111 cm³/mol. The molecule has 0 aliphatic heterocycles. The van der Waals surface area contributed by atoms with Crippen molar-refractivity contribution >= 4 is 17.7 Å². The molecule has 1 N–H and O–H groups in total. The van der Waals surface area contributed by atoms with Crippen molar-refractivity contribution in [3.05, 3.63) is 71.3 Å². The van der Waals surface area contributed by atoms with Gasteiger partial charge >= 0.3 is 5.97 Å². The molecular formula is C24H27NO4. The van der Waals surface area contributed by atoms with Gasteiger partial charge < -0.3 is 10.1 Å². The van der Waals surface area contributed by atoms with Crippen molar-refractivity contribution in [1.82, 2.24) is 5.32 Å². The minimum Gasteiger partial charge on any atom is -0.467 e. The molecule has 1 atom stereocenters. The molecule has 1 saturated carbocycles. The van der Waals surface area contributed by atoms with Crippen LogP contribution in [0.1, 0.15) is 53.6 Å². The highest BCUT2D eigenvalue weighted by molar-refractivity contribution is 6.08. The average molecular weight is 393 g/mol. The minimum absolute atomic E-state index is 0.0261. The Morgan fingerprint density at radius 2 is 1.55 bits per heavy atom. The van der Waals surface area contributed by atoms with Crippen LogP contribution in [-0.2, 0) is 20.7 Å². The van der Waals surface area contributed by atoms with E-state index in [1.807, 2.05) is 30.3 Å². The van der Waals surface area contributed by atoms with Crippen LogP contribution in [0.2, 0.25) is 0 Å². The molecular weight excluding hydrogens is 366 g/mol. The molecule has 0 aromatic heterocycles. The van der Waals surface area contributed by atoms with Gasteiger partial charge in [-0.2, -0.15) is 0 Å². The van der Waals surface area contributed by atoms with E-state index < -0.39 is 12.0 Å². The van der Waals surface area contributed by atoms with Crippen molar-refractivity contribution in [1.29, 1.82) is 0 Å². The van der Waals surface area contributed by atoms with Crippen molar-refractivity contribution in [2.24, 2.45) is 5.92 Å². The maximum atomic E-state index is 12.6. The SMILES string of the molecule is COC(=O)[C@H](Cc1ccc(C(=O)c2ccccc2)cc1)NC(=O)C1CCCCC1. The highest BCUT2D eigenvalue weighted by Crippen LogP contribution is 2.24. The second-order valence-corrected chi connectivity index (χ2v) is 7.52. The third kappa shape index (κ3) is 5.53. The summed E-state index contributed by atoms with van der Waals surface area (Å²) in [6.45, 7) is 0. The fraction of sp³-hybridized carbons (Fsp3) is 0.375. The van der Waals surface area contributed by atoms with E-state index in [-0.39, 0.29) is 17.6 Å². The van der Waals surface area contributed by atoms with E-state index in [1.54, 1.807) is 24.3 Å². The van der Waals surface area contributed by atoms with Crippen molar-refractivity contribution in [3.8, 4) is 0 Å². The molecule has 2 aromatic rings. The van der Waals surface area contributed by atoms with E-state index in [4.69, 9.17) is 4.74 Å². The van der Waals surface area contributed by atoms with Gasteiger partial charge in [-0.3, -0.25) is 9.59 Å². The summed E-state index contributed by atoms with van der Waals surface area (Å²) in [5.74, 6) is -0.608. The maximum absolute atomic E-state index is 12.6. The van der Waals surface area contributed by atoms with Crippen LogP contribution in [0.25, 0.3) is 0 Å². The lowest BCUT2D eigenvalue weighted by Gasteiger charge is -2.24. The quantitative estimate of drug-likeness (QED) is 0.575. The fourth-order valence-corrected chi connectivity index (χ4v) is 3.77. The molecule has 0 spiro atoms. The number of carbonyl (C=O) groups is 3. The molecule has 1 amide bonds. The zero-order valence-corrected chi connectivity index (χ0v) is 16.7. The number of amides is 1. The van der Waals surface area contributed by atoms with E-state index in [1.165, 1.54) is 7.11 Å². The van der Waals surface area contributed by atoms with Gasteiger partial charge in [-0.1, -0.05) is 73.9 Å². The summed E-state index contributed by atoms with van der Waals surface area (Å²) >= 11 is 0. The normalized spacial score (nSPS) is 15.3. The van der Waals surface area contributed by atoms with Crippen LogP contribution < -0.4 is 5.32 Å². The van der Waals surface area contributed by atoms with E-state index in [0.29, 0.717) is 17.5 Å². The summed E-state index contributed by atoms with van der Waals surface area (Å²) in [6.07, 6.45) is 5.34. The van der Waals surface area contributed by atoms with Gasteiger partial charge in [0.1, 0.15) is 6.04 Å². The maximum Gasteiger partial charge on any atom is 0.328 e. The first kappa shape index (κ1) is 20.8. The van der Waals surface area contributed by atoms with Gasteiger partial charge in [-0.15, -0.1) is 0 Å². The molecule has 0 radical (unpaired) electrons. The fourth-order valence-electron chi connectivity index (χ4n) is 3.77. The third-order valence-electron chi connectivity index (χ3n) is 5.47. The summed E-state index contributed by atoms with van der Waals surface area (Å²) in [4.78, 5) is 37.3. The topological polar surface area (TPSA) is 72.5 Å². The van der Waals surface area contributed by atoms with Crippen molar-refractivity contribution < 1.29 is 19.1 Å². The number of hydrogen-bond donors (Lipinski definition) is 1. The van der Waals surface area contributed by atoms with E-state index in [2.05, 4.69) is 5.32 Å². The number of carbonyl (C=O) groups excluding carboxylic acids is 3. The highest BCUT2D eigenvalue weighted by Gasteiger charge is 2.27. The first-order valence-electron chi connectivity index (χ1n) is 10.2. The molecule has 2 aromatic carbocycles. The Morgan fingerprint density at radius 1 is 0.931 bits per heavy atom. The number of nitrogens with one attached hydrogen (secondary N) is 1. The van der Waals surface area contributed by atoms with E-state index in [0.717, 1.165) is 37.7 Å². The number of methoxy groups -OCH3 is 1. The minimum atomic E-state index is -0.731. The summed E-state index contributed by atoms with van der Waals surface area (Å²) in [7, 11) is 1.32. The molecule has 0 unspecified atom stereocenters. The molecule has 3 rings (SSSR count). The lowest BCUT2D eigenvalue weighted by molar-refractivity contribution is -0.145. The van der Waals surface area contributed by atoms with Gasteiger partial charge in [-0.25, -0.2) is 4.79 Å². The summed E-state index contributed by atoms with van der Waals surface area (Å²) < 4.78 is 4.88. The van der Waals surface area contributed by atoms with Crippen LogP contribution in [0.5, 0.6) is 0 Å². The van der Waals surface area contributed by atoms with Gasteiger partial charge in [0.25, 0.3) is 0 Å². The smallest absolute Gasteiger partial charge is 0.328 e. The molecule has 5 heteroatoms. The second kappa shape index (κ2) is 10.0. The summed E-state index contributed by atoms with van der Waals surface area (Å²) in [5, 5.41) is 2.87. The Bertz CT molecular complexity index is 839. The van der Waals surface area contributed by atoms with Crippen molar-refractivity contribution in [2.75, 3.05) is 7.11 Å². The number of esters is 1. The average Bonchev–Trinajstić information content (AvgIpc) is 2.79. The highest BCUT2D eigenvalue weighted by atomic mass is 16.5. The van der Waals surface area contributed by atoms with Crippen LogP contribution in [0.4, 0.5) is 0 Å². The second-order valence-electron chi connectivity index (χ2n) is 7.52. The van der Waals surface area contributed by atoms with Gasteiger partial charge in [0.15, 0.2) is 5.78 Å². The lowest BCUT2D eigenvalue weighted by atomic mass is 9.88. The van der Waals surface area contributed by atoms with Gasteiger partial charge in [-0.05, 0) is 18.4 Å². The number of hydrogen-bond acceptors (Lipinski definition) is 4. The monoisotopic (exact) mass is 393 g/mol. The Morgan fingerprint density at radius 3 is 2.17 bits per heavy atom. The standard InChI is InChI=1S/C24H27NO4/c1-29-24(28)21(25-23(27)20-10-6-3-7-11-20)16-17-12-14-19(15-13-17)22(26)18-8-4-2-5-9-18/h2,4-5,8-9,12-15,20-21H,3,6-7,10-11,16H2,1H3,(H,25,27)/t21-/m0/s1. The first-order chi connectivity index (χ1) is 14.1. The molecule has 0 bridgehead atoms. The van der Waals surface area contributed by atoms with Gasteiger partial charge in [0.2, 0.25) is 5.91 Å². The molecule has 1 aliphatic carbocycles. The van der Waals surface area contributed by atoms with Crippen LogP contribution >= 0.6 is 0 Å². The van der Waals surface area contributed by atoms with E-state index in [9.17, 15) is 14.4 Å². The van der Waals surface area contributed by atoms with Crippen molar-refractivity contribution in [2.45, 2.75) is 44.6 Å². The Labute approximate surface area is 171 Å². The van der Waals surface area contributed by atoms with Crippen molar-refractivity contribution in [3.63, 3.8) is 0 Å². The summed E-state index contributed by atoms with van der Waals surface area (Å²) in [5.41, 5.74) is 2.07. The largest absolute Gasteiger partial charge is 0.467 e. The van der Waals surface area contributed by atoms with Crippen LogP contribution in [-0.4, -0.2) is 30.8 Å². The number of ketones is 1. The molecule has 29 heavy (non-hydrogen) atoms. The zero-order chi connectivity index (χ0) is 20.6. The van der Waals surface area contributed by atoms with Crippen LogP contribution in [0.15, 0.2) is 54.6 Å². The molecule has 0 saturated heterocycles. The summed E-state index contributed by atoms with van der Waals surface area (Å²) in [6, 6.07) is 15.5. The lowest BCUT2D eigenvalue weighted by Crippen LogP contribution is -2.45. The van der Waals surface area contributed by atoms with Crippen LogP contribution in [0, 0.1) is 5.92 Å². The van der Waals surface area contributed by atoms with Gasteiger partial charge in [0, 0.05) is 23.5 Å². The molecule has 5 nitrogen and oxygen atoms in total. The Hall–Kier alpha value is -2.95. The van der Waals surface area contributed by atoms with Gasteiger partial charge in [0.05, 0.1) is 7.11 Å². The molecule has 1 aliphatic rings. The number of rotatable bonds is 7. The Balaban J connectivity index is 1.66. The third-order valence-corrected chi connectivity index (χ3v) is 5.47.